The number of hydrogen-bond donors (Lipinski definition) is 3. The lowest BCUT2D eigenvalue weighted by molar-refractivity contribution is -0.141. The van der Waals surface area contributed by atoms with E-state index in [0.29, 0.717) is 0 Å². The normalized spacial score (nSPS) is 12.5. The number of rotatable bonds is 7. The third-order valence-corrected chi connectivity index (χ3v) is 4.36. The van der Waals surface area contributed by atoms with Gasteiger partial charge in [-0.15, -0.1) is 0 Å². The summed E-state index contributed by atoms with van der Waals surface area (Å²) < 4.78 is 10.7. The number of nitrogens with two attached hydrogens (primary N) is 1. The van der Waals surface area contributed by atoms with E-state index in [9.17, 15) is 19.5 Å². The van der Waals surface area contributed by atoms with Crippen molar-refractivity contribution in [1.82, 2.24) is 0 Å². The van der Waals surface area contributed by atoms with Crippen LogP contribution in [0.1, 0.15) is 32.4 Å². The molecule has 0 aliphatic carbocycles. The molecule has 0 unspecified atom stereocenters. The minimum absolute atomic E-state index is 0.0743. The van der Waals surface area contributed by atoms with Crippen LogP contribution in [0.2, 0.25) is 0 Å². The molecule has 31 heavy (non-hydrogen) atoms. The Kier molecular flexibility index (Phi) is 6.76. The standard InChI is InChI=1S/C23H19NO7/c24-19(21(26)27)20(25)16-11-12-17(30-22(28)14-7-3-1-4-8-14)18(13-16)31-23(29)15-9-5-2-6-10-15/h1-13,19-20,25H,24H2,(H,26,27)/t19-,20+/m1/s1. The maximum atomic E-state index is 12.5. The fourth-order valence-corrected chi connectivity index (χ4v) is 2.68. The molecule has 158 valence electrons. The molecule has 0 aliphatic heterocycles. The van der Waals surface area contributed by atoms with Crippen LogP contribution in [0.3, 0.4) is 0 Å². The lowest BCUT2D eigenvalue weighted by Gasteiger charge is -2.17. The van der Waals surface area contributed by atoms with Crippen LogP contribution in [0.4, 0.5) is 0 Å². The molecule has 0 aromatic heterocycles. The second-order valence-electron chi connectivity index (χ2n) is 6.53. The van der Waals surface area contributed by atoms with E-state index in [1.165, 1.54) is 30.3 Å². The highest BCUT2D eigenvalue weighted by molar-refractivity contribution is 5.93. The highest BCUT2D eigenvalue weighted by Crippen LogP contribution is 2.32. The zero-order valence-electron chi connectivity index (χ0n) is 16.2. The molecular weight excluding hydrogens is 402 g/mol. The molecule has 0 aliphatic rings. The van der Waals surface area contributed by atoms with Crippen LogP contribution >= 0.6 is 0 Å². The maximum absolute atomic E-state index is 12.5. The van der Waals surface area contributed by atoms with Crippen LogP contribution in [0.15, 0.2) is 78.9 Å². The number of esters is 2. The Morgan fingerprint density at radius 1 is 0.742 bits per heavy atom. The van der Waals surface area contributed by atoms with Crippen molar-refractivity contribution in [3.05, 3.63) is 95.6 Å². The smallest absolute Gasteiger partial charge is 0.343 e. The maximum Gasteiger partial charge on any atom is 0.343 e. The molecule has 0 amide bonds. The van der Waals surface area contributed by atoms with Gasteiger partial charge in [0.2, 0.25) is 0 Å². The van der Waals surface area contributed by atoms with Gasteiger partial charge in [0, 0.05) is 0 Å². The number of carboxylic acid groups (broad SMARTS) is 1. The molecule has 0 saturated heterocycles. The van der Waals surface area contributed by atoms with Crippen molar-refractivity contribution in [1.29, 1.82) is 0 Å². The lowest BCUT2D eigenvalue weighted by atomic mass is 10.0. The first-order valence-electron chi connectivity index (χ1n) is 9.21. The van der Waals surface area contributed by atoms with Crippen molar-refractivity contribution in [2.45, 2.75) is 12.1 Å². The van der Waals surface area contributed by atoms with Gasteiger partial charge in [-0.1, -0.05) is 42.5 Å². The largest absolute Gasteiger partial charge is 0.480 e. The van der Waals surface area contributed by atoms with Crippen molar-refractivity contribution < 1.29 is 34.1 Å². The minimum atomic E-state index is -1.60. The molecule has 0 spiro atoms. The molecule has 8 heteroatoms. The van der Waals surface area contributed by atoms with E-state index in [2.05, 4.69) is 0 Å². The van der Waals surface area contributed by atoms with Crippen molar-refractivity contribution in [2.24, 2.45) is 5.73 Å². The zero-order chi connectivity index (χ0) is 22.4. The predicted octanol–water partition coefficient (Wildman–Crippen LogP) is 2.57. The van der Waals surface area contributed by atoms with Gasteiger partial charge in [-0.05, 0) is 42.0 Å². The number of carboxylic acids is 1. The van der Waals surface area contributed by atoms with Gasteiger partial charge in [0.1, 0.15) is 12.1 Å². The number of hydrogen-bond acceptors (Lipinski definition) is 7. The third-order valence-electron chi connectivity index (χ3n) is 4.36. The fourth-order valence-electron chi connectivity index (χ4n) is 2.68. The minimum Gasteiger partial charge on any atom is -0.480 e. The van der Waals surface area contributed by atoms with Gasteiger partial charge in [-0.3, -0.25) is 4.79 Å². The van der Waals surface area contributed by atoms with E-state index in [-0.39, 0.29) is 28.2 Å². The van der Waals surface area contributed by atoms with Gasteiger partial charge in [-0.2, -0.15) is 0 Å². The highest BCUT2D eigenvalue weighted by Gasteiger charge is 2.26. The van der Waals surface area contributed by atoms with E-state index in [1.807, 2.05) is 0 Å². The summed E-state index contributed by atoms with van der Waals surface area (Å²) in [7, 11) is 0. The number of carbonyl (C=O) groups is 3. The van der Waals surface area contributed by atoms with E-state index in [4.69, 9.17) is 20.3 Å². The van der Waals surface area contributed by atoms with E-state index < -0.39 is 30.1 Å². The van der Waals surface area contributed by atoms with E-state index >= 15 is 0 Å². The number of ether oxygens (including phenoxy) is 2. The Balaban J connectivity index is 1.94. The summed E-state index contributed by atoms with van der Waals surface area (Å²) in [6.45, 7) is 0. The Hall–Kier alpha value is -4.01. The fraction of sp³-hybridized carbons (Fsp3) is 0.0870. The number of carbonyl (C=O) groups excluding carboxylic acids is 2. The summed E-state index contributed by atoms with van der Waals surface area (Å²) in [6, 6.07) is 18.5. The number of aliphatic carboxylic acids is 1. The zero-order valence-corrected chi connectivity index (χ0v) is 16.2. The molecule has 3 rings (SSSR count). The van der Waals surface area contributed by atoms with Gasteiger partial charge in [0.15, 0.2) is 11.5 Å². The van der Waals surface area contributed by atoms with Crippen LogP contribution in [0, 0.1) is 0 Å². The average Bonchev–Trinajstić information content (AvgIpc) is 2.80. The molecule has 3 aromatic rings. The quantitative estimate of drug-likeness (QED) is 0.391. The van der Waals surface area contributed by atoms with Crippen LogP contribution in [-0.4, -0.2) is 34.2 Å². The van der Waals surface area contributed by atoms with E-state index in [1.54, 1.807) is 48.5 Å². The monoisotopic (exact) mass is 421 g/mol. The van der Waals surface area contributed by atoms with Gasteiger partial charge in [0.05, 0.1) is 11.1 Å². The summed E-state index contributed by atoms with van der Waals surface area (Å²) in [5, 5.41) is 19.3. The highest BCUT2D eigenvalue weighted by atomic mass is 16.6. The topological polar surface area (TPSA) is 136 Å². The van der Waals surface area contributed by atoms with Crippen LogP contribution in [0.5, 0.6) is 11.5 Å². The van der Waals surface area contributed by atoms with Crippen LogP contribution in [0.25, 0.3) is 0 Å². The molecule has 8 nitrogen and oxygen atoms in total. The van der Waals surface area contributed by atoms with Crippen molar-refractivity contribution in [2.75, 3.05) is 0 Å². The molecule has 3 aromatic carbocycles. The molecule has 0 saturated carbocycles. The van der Waals surface area contributed by atoms with Gasteiger partial charge in [-0.25, -0.2) is 9.59 Å². The summed E-state index contributed by atoms with van der Waals surface area (Å²) in [4.78, 5) is 36.0. The second kappa shape index (κ2) is 9.66. The molecule has 0 bridgehead atoms. The third kappa shape index (κ3) is 5.33. The lowest BCUT2D eigenvalue weighted by Crippen LogP contribution is -2.36. The summed E-state index contributed by atoms with van der Waals surface area (Å²) in [5.41, 5.74) is 6.08. The second-order valence-corrected chi connectivity index (χ2v) is 6.53. The number of benzene rings is 3. The Morgan fingerprint density at radius 3 is 1.71 bits per heavy atom. The summed E-state index contributed by atoms with van der Waals surface area (Å²) >= 11 is 0. The molecule has 0 fully saturated rings. The van der Waals surface area contributed by atoms with Crippen molar-refractivity contribution >= 4 is 17.9 Å². The Labute approximate surface area is 177 Å². The van der Waals surface area contributed by atoms with Gasteiger partial charge >= 0.3 is 17.9 Å². The van der Waals surface area contributed by atoms with Crippen molar-refractivity contribution in [3.63, 3.8) is 0 Å². The Morgan fingerprint density at radius 2 is 1.23 bits per heavy atom. The number of aliphatic hydroxyl groups excluding tert-OH is 1. The summed E-state index contributed by atoms with van der Waals surface area (Å²) in [6.07, 6.45) is -1.58. The first kappa shape index (κ1) is 21.7. The Bertz CT molecular complexity index is 1080. The molecule has 4 N–H and O–H groups in total. The first-order valence-corrected chi connectivity index (χ1v) is 9.21. The van der Waals surface area contributed by atoms with Gasteiger partial charge < -0.3 is 25.4 Å². The van der Waals surface area contributed by atoms with E-state index in [0.717, 1.165) is 0 Å². The number of aliphatic hydroxyl groups is 1. The first-order chi connectivity index (χ1) is 14.9. The molecular formula is C23H19NO7. The SMILES string of the molecule is N[C@@H](C(=O)O)[C@@H](O)c1ccc(OC(=O)c2ccccc2)c(OC(=O)c2ccccc2)c1. The van der Waals surface area contributed by atoms with Crippen LogP contribution < -0.4 is 15.2 Å². The van der Waals surface area contributed by atoms with Crippen molar-refractivity contribution in [3.8, 4) is 11.5 Å². The molecule has 2 atom stereocenters. The van der Waals surface area contributed by atoms with Crippen LogP contribution in [-0.2, 0) is 4.79 Å². The average molecular weight is 421 g/mol. The van der Waals surface area contributed by atoms with Gasteiger partial charge in [0.25, 0.3) is 0 Å². The predicted molar refractivity (Wildman–Crippen MR) is 110 cm³/mol. The molecule has 0 heterocycles. The summed E-state index contributed by atoms with van der Waals surface area (Å²) in [5.74, 6) is -3.08. The molecule has 0 radical (unpaired) electrons.